The van der Waals surface area contributed by atoms with Crippen LogP contribution in [0.25, 0.3) is 0 Å². The molecule has 0 aliphatic heterocycles. The van der Waals surface area contributed by atoms with Gasteiger partial charge in [0.25, 0.3) is 0 Å². The number of carbonyl (C=O) groups is 1. The van der Waals surface area contributed by atoms with Gasteiger partial charge in [-0.25, -0.2) is 8.42 Å². The van der Waals surface area contributed by atoms with Gasteiger partial charge in [-0.3, -0.25) is 4.79 Å². The molecule has 0 amide bonds. The van der Waals surface area contributed by atoms with Gasteiger partial charge in [0.15, 0.2) is 9.84 Å². The molecule has 0 bridgehead atoms. The number of esters is 1. The van der Waals surface area contributed by atoms with E-state index in [4.69, 9.17) is 10.5 Å². The lowest BCUT2D eigenvalue weighted by atomic mass is 9.99. The first-order valence-corrected chi connectivity index (χ1v) is 9.70. The molecule has 3 atom stereocenters. The van der Waals surface area contributed by atoms with Crippen LogP contribution in [0.15, 0.2) is 28.7 Å². The summed E-state index contributed by atoms with van der Waals surface area (Å²) in [6.45, 7) is 3.43. The number of carbonyl (C=O) groups excluding carboxylic acids is 1. The lowest BCUT2D eigenvalue weighted by Gasteiger charge is -2.14. The van der Waals surface area contributed by atoms with E-state index in [9.17, 15) is 13.2 Å². The highest BCUT2D eigenvalue weighted by atomic mass is 79.9. The maximum absolute atomic E-state index is 12.4. The van der Waals surface area contributed by atoms with E-state index in [2.05, 4.69) is 15.9 Å². The Morgan fingerprint density at radius 2 is 1.91 bits per heavy atom. The van der Waals surface area contributed by atoms with Crippen LogP contribution in [-0.4, -0.2) is 38.5 Å². The first-order chi connectivity index (χ1) is 10.3. The fourth-order valence-electron chi connectivity index (χ4n) is 3.09. The highest BCUT2D eigenvalue weighted by Gasteiger charge is 2.74. The Hall–Kier alpha value is -0.920. The van der Waals surface area contributed by atoms with Gasteiger partial charge >= 0.3 is 5.97 Å². The second-order valence-corrected chi connectivity index (χ2v) is 8.69. The van der Waals surface area contributed by atoms with Gasteiger partial charge < -0.3 is 10.5 Å². The Kier molecular flexibility index (Phi) is 4.99. The van der Waals surface area contributed by atoms with Crippen molar-refractivity contribution in [3.63, 3.8) is 0 Å². The Balaban J connectivity index is 2.49. The van der Waals surface area contributed by atoms with Crippen LogP contribution in [0.1, 0.15) is 25.3 Å². The summed E-state index contributed by atoms with van der Waals surface area (Å²) in [4.78, 5) is 12.4. The Labute approximate surface area is 139 Å². The number of nitrogens with two attached hydrogens (primary N) is 1. The van der Waals surface area contributed by atoms with Crippen molar-refractivity contribution in [2.45, 2.75) is 25.0 Å². The summed E-state index contributed by atoms with van der Waals surface area (Å²) in [5.74, 6) is -0.992. The molecule has 1 saturated carbocycles. The van der Waals surface area contributed by atoms with Gasteiger partial charge in [0, 0.05) is 22.7 Å². The predicted octanol–water partition coefficient (Wildman–Crippen LogP) is 1.86. The molecule has 2 rings (SSSR count). The van der Waals surface area contributed by atoms with E-state index in [0.29, 0.717) is 0 Å². The number of rotatable bonds is 6. The van der Waals surface area contributed by atoms with Crippen LogP contribution in [0.5, 0.6) is 0 Å². The topological polar surface area (TPSA) is 86.5 Å². The van der Waals surface area contributed by atoms with Crippen LogP contribution >= 0.6 is 15.9 Å². The quantitative estimate of drug-likeness (QED) is 0.750. The van der Waals surface area contributed by atoms with E-state index in [1.54, 1.807) is 13.8 Å². The summed E-state index contributed by atoms with van der Waals surface area (Å²) in [5, 5.41) is -0.810. The number of hydrogen-bond acceptors (Lipinski definition) is 5. The van der Waals surface area contributed by atoms with E-state index in [-0.39, 0.29) is 18.9 Å². The first-order valence-electron chi connectivity index (χ1n) is 7.19. The maximum atomic E-state index is 12.4. The minimum absolute atomic E-state index is 0.0220. The molecule has 1 aliphatic carbocycles. The summed E-state index contributed by atoms with van der Waals surface area (Å²) in [5.41, 5.74) is 5.45. The van der Waals surface area contributed by atoms with Crippen LogP contribution in [0.4, 0.5) is 0 Å². The molecule has 2 N–H and O–H groups in total. The molecule has 0 saturated heterocycles. The molecule has 1 aromatic carbocycles. The van der Waals surface area contributed by atoms with E-state index in [1.807, 2.05) is 24.3 Å². The van der Waals surface area contributed by atoms with Crippen molar-refractivity contribution in [1.82, 2.24) is 0 Å². The maximum Gasteiger partial charge on any atom is 0.315 e. The molecule has 1 aliphatic rings. The molecule has 0 radical (unpaired) electrons. The third-order valence-electron chi connectivity index (χ3n) is 4.27. The lowest BCUT2D eigenvalue weighted by molar-refractivity contribution is -0.149. The van der Waals surface area contributed by atoms with Gasteiger partial charge in [-0.05, 0) is 24.6 Å². The highest BCUT2D eigenvalue weighted by Crippen LogP contribution is 2.63. The summed E-state index contributed by atoms with van der Waals surface area (Å²) in [6, 6.07) is 7.30. The molecule has 1 aromatic rings. The second-order valence-electron chi connectivity index (χ2n) is 5.37. The minimum atomic E-state index is -3.41. The van der Waals surface area contributed by atoms with Crippen molar-refractivity contribution in [1.29, 1.82) is 0 Å². The molecule has 122 valence electrons. The average Bonchev–Trinajstić information content (AvgIpc) is 3.20. The van der Waals surface area contributed by atoms with Gasteiger partial charge in [-0.2, -0.15) is 0 Å². The fourth-order valence-corrected chi connectivity index (χ4v) is 5.43. The van der Waals surface area contributed by atoms with Crippen molar-refractivity contribution >= 4 is 31.7 Å². The second kappa shape index (κ2) is 6.29. The van der Waals surface area contributed by atoms with Crippen LogP contribution in [0.3, 0.4) is 0 Å². The van der Waals surface area contributed by atoms with Gasteiger partial charge in [0.2, 0.25) is 0 Å². The minimum Gasteiger partial charge on any atom is -0.465 e. The van der Waals surface area contributed by atoms with Gasteiger partial charge in [-0.15, -0.1) is 0 Å². The van der Waals surface area contributed by atoms with Crippen molar-refractivity contribution in [2.75, 3.05) is 18.9 Å². The zero-order valence-corrected chi connectivity index (χ0v) is 15.0. The Morgan fingerprint density at radius 1 is 1.32 bits per heavy atom. The zero-order valence-electron chi connectivity index (χ0n) is 12.6. The monoisotopic (exact) mass is 389 g/mol. The standard InChI is InChI=1S/C15H20BrNO4S/c1-3-21-14(18)15(9-17)12(13(15)22(19,20)4-2)10-5-7-11(16)8-6-10/h5-8,12-13H,3-4,9,17H2,1-2H3/t12-,13+,15+/m0/s1. The van der Waals surface area contributed by atoms with Crippen molar-refractivity contribution < 1.29 is 17.9 Å². The molecule has 0 unspecified atom stereocenters. The molecule has 5 nitrogen and oxygen atoms in total. The third-order valence-corrected chi connectivity index (χ3v) is 7.07. The number of halogens is 1. The SMILES string of the molecule is CCOC(=O)[C@@]1(CN)[C@H](S(=O)(=O)CC)[C@@H]1c1ccc(Br)cc1. The smallest absolute Gasteiger partial charge is 0.315 e. The molecule has 7 heteroatoms. The van der Waals surface area contributed by atoms with Gasteiger partial charge in [-0.1, -0.05) is 35.0 Å². The Bertz CT molecular complexity index is 659. The van der Waals surface area contributed by atoms with Crippen LogP contribution in [0.2, 0.25) is 0 Å². The van der Waals surface area contributed by atoms with E-state index in [1.165, 1.54) is 0 Å². The van der Waals surface area contributed by atoms with Gasteiger partial charge in [0.05, 0.1) is 11.9 Å². The molecule has 22 heavy (non-hydrogen) atoms. The van der Waals surface area contributed by atoms with E-state index in [0.717, 1.165) is 10.0 Å². The third kappa shape index (κ3) is 2.70. The number of hydrogen-bond donors (Lipinski definition) is 1. The molecular weight excluding hydrogens is 370 g/mol. The summed E-state index contributed by atoms with van der Waals surface area (Å²) < 4.78 is 30.8. The molecule has 0 aromatic heterocycles. The van der Waals surface area contributed by atoms with E-state index >= 15 is 0 Å². The van der Waals surface area contributed by atoms with Gasteiger partial charge in [0.1, 0.15) is 5.41 Å². The number of benzene rings is 1. The fraction of sp³-hybridized carbons (Fsp3) is 0.533. The largest absolute Gasteiger partial charge is 0.465 e. The van der Waals surface area contributed by atoms with Crippen molar-refractivity contribution in [3.8, 4) is 0 Å². The van der Waals surface area contributed by atoms with Crippen LogP contribution < -0.4 is 5.73 Å². The lowest BCUT2D eigenvalue weighted by Crippen LogP contribution is -2.34. The van der Waals surface area contributed by atoms with Crippen molar-refractivity contribution in [3.05, 3.63) is 34.3 Å². The molecular formula is C15H20BrNO4S. The molecule has 0 heterocycles. The Morgan fingerprint density at radius 3 is 2.36 bits per heavy atom. The zero-order chi connectivity index (χ0) is 16.5. The summed E-state index contributed by atoms with van der Waals surface area (Å²) in [6.07, 6.45) is 0. The molecule has 0 spiro atoms. The average molecular weight is 390 g/mol. The first kappa shape index (κ1) is 17.4. The summed E-state index contributed by atoms with van der Waals surface area (Å²) in [7, 11) is -3.41. The van der Waals surface area contributed by atoms with E-state index < -0.39 is 32.4 Å². The van der Waals surface area contributed by atoms with Crippen LogP contribution in [0, 0.1) is 5.41 Å². The summed E-state index contributed by atoms with van der Waals surface area (Å²) >= 11 is 3.35. The highest BCUT2D eigenvalue weighted by molar-refractivity contribution is 9.10. The van der Waals surface area contributed by atoms with Crippen molar-refractivity contribution in [2.24, 2.45) is 11.1 Å². The molecule has 1 fully saturated rings. The predicted molar refractivity (Wildman–Crippen MR) is 88.3 cm³/mol. The normalized spacial score (nSPS) is 27.5. The van der Waals surface area contributed by atoms with Crippen LogP contribution in [-0.2, 0) is 19.4 Å². The number of sulfone groups is 1. The number of ether oxygens (including phenoxy) is 1.